The Morgan fingerprint density at radius 3 is 2.46 bits per heavy atom. The number of Topliss-reactive ketones (excluding diaryl/α,β-unsaturated/α-hetero) is 1. The number of nitro benzene ring substituents is 1. The van der Waals surface area contributed by atoms with Crippen LogP contribution in [0.2, 0.25) is 0 Å². The van der Waals surface area contributed by atoms with E-state index >= 15 is 0 Å². The third-order valence-electron chi connectivity index (χ3n) is 3.63. The number of nitrogens with one attached hydrogen (secondary N) is 2. The number of carbonyl (C=O) groups is 3. The number of amides is 2. The predicted octanol–water partition coefficient (Wildman–Crippen LogP) is 2.47. The van der Waals surface area contributed by atoms with Crippen LogP contribution in [0.25, 0.3) is 0 Å². The fraction of sp³-hybridized carbons (Fsp3) is 0.167. The molecular formula is C18H17N3O5. The number of benzene rings is 2. The maximum Gasteiger partial charge on any atom is 0.273 e. The summed E-state index contributed by atoms with van der Waals surface area (Å²) < 4.78 is 0. The topological polar surface area (TPSA) is 118 Å². The average molecular weight is 355 g/mol. The molecule has 134 valence electrons. The summed E-state index contributed by atoms with van der Waals surface area (Å²) in [6, 6.07) is 10.5. The van der Waals surface area contributed by atoms with Crippen molar-refractivity contribution in [1.29, 1.82) is 0 Å². The first-order valence-corrected chi connectivity index (χ1v) is 7.72. The highest BCUT2D eigenvalue weighted by molar-refractivity contribution is 6.00. The van der Waals surface area contributed by atoms with Crippen molar-refractivity contribution in [2.24, 2.45) is 0 Å². The minimum Gasteiger partial charge on any atom is -0.343 e. The summed E-state index contributed by atoms with van der Waals surface area (Å²) in [7, 11) is 0. The third-order valence-corrected chi connectivity index (χ3v) is 3.63. The van der Waals surface area contributed by atoms with Gasteiger partial charge in [0.1, 0.15) is 0 Å². The molecule has 2 N–H and O–H groups in total. The molecule has 8 heteroatoms. The summed E-state index contributed by atoms with van der Waals surface area (Å²) in [5, 5.41) is 15.9. The van der Waals surface area contributed by atoms with E-state index in [1.54, 1.807) is 25.1 Å². The van der Waals surface area contributed by atoms with Crippen LogP contribution in [0.5, 0.6) is 0 Å². The molecule has 0 saturated carbocycles. The summed E-state index contributed by atoms with van der Waals surface area (Å²) in [6.07, 6.45) is 0. The molecule has 0 aliphatic heterocycles. The zero-order chi connectivity index (χ0) is 19.3. The zero-order valence-electron chi connectivity index (χ0n) is 14.2. The Morgan fingerprint density at radius 2 is 1.81 bits per heavy atom. The Labute approximate surface area is 149 Å². The highest BCUT2D eigenvalue weighted by Gasteiger charge is 2.15. The number of nitro groups is 1. The van der Waals surface area contributed by atoms with Gasteiger partial charge in [0.05, 0.1) is 11.5 Å². The Morgan fingerprint density at radius 1 is 1.08 bits per heavy atom. The van der Waals surface area contributed by atoms with Gasteiger partial charge < -0.3 is 10.6 Å². The second kappa shape index (κ2) is 8.02. The van der Waals surface area contributed by atoms with Gasteiger partial charge >= 0.3 is 0 Å². The van der Waals surface area contributed by atoms with Gasteiger partial charge in [0.15, 0.2) is 5.78 Å². The second-order valence-electron chi connectivity index (χ2n) is 5.63. The number of hydrogen-bond donors (Lipinski definition) is 2. The number of anilines is 1. The smallest absolute Gasteiger partial charge is 0.273 e. The van der Waals surface area contributed by atoms with E-state index in [1.807, 2.05) is 0 Å². The fourth-order valence-corrected chi connectivity index (χ4v) is 2.23. The quantitative estimate of drug-likeness (QED) is 0.469. The molecule has 2 amide bonds. The minimum absolute atomic E-state index is 0.0914. The fourth-order valence-electron chi connectivity index (χ4n) is 2.23. The maximum absolute atomic E-state index is 12.1. The van der Waals surface area contributed by atoms with E-state index in [0.29, 0.717) is 16.8 Å². The molecule has 0 atom stereocenters. The van der Waals surface area contributed by atoms with Gasteiger partial charge in [0.25, 0.3) is 11.6 Å². The van der Waals surface area contributed by atoms with Crippen molar-refractivity contribution in [3.8, 4) is 0 Å². The van der Waals surface area contributed by atoms with Gasteiger partial charge in [-0.25, -0.2) is 0 Å². The van der Waals surface area contributed by atoms with Crippen molar-refractivity contribution in [3.63, 3.8) is 0 Å². The SMILES string of the molecule is CC(=O)c1cccc(NC(=O)CNC(=O)c2ccc(C)c([N+](=O)[O-])c2)c1. The number of carbonyl (C=O) groups excluding carboxylic acids is 3. The van der Waals surface area contributed by atoms with Crippen molar-refractivity contribution in [1.82, 2.24) is 5.32 Å². The van der Waals surface area contributed by atoms with Crippen LogP contribution in [0.1, 0.15) is 33.2 Å². The first kappa shape index (κ1) is 18.8. The second-order valence-corrected chi connectivity index (χ2v) is 5.63. The van der Waals surface area contributed by atoms with Crippen LogP contribution in [-0.4, -0.2) is 29.1 Å². The summed E-state index contributed by atoms with van der Waals surface area (Å²) in [5.74, 6) is -1.21. The number of nitrogens with zero attached hydrogens (tertiary/aromatic N) is 1. The van der Waals surface area contributed by atoms with Crippen molar-refractivity contribution in [2.45, 2.75) is 13.8 Å². The lowest BCUT2D eigenvalue weighted by atomic mass is 10.1. The Kier molecular flexibility index (Phi) is 5.79. The molecule has 0 aliphatic carbocycles. The Balaban J connectivity index is 1.98. The minimum atomic E-state index is -0.597. The number of rotatable bonds is 6. The summed E-state index contributed by atoms with van der Waals surface area (Å²) in [6.45, 7) is 2.68. The van der Waals surface area contributed by atoms with Crippen LogP contribution in [0, 0.1) is 17.0 Å². The van der Waals surface area contributed by atoms with Crippen molar-refractivity contribution in [2.75, 3.05) is 11.9 Å². The Hall–Kier alpha value is -3.55. The van der Waals surface area contributed by atoms with Gasteiger partial charge in [-0.2, -0.15) is 0 Å². The van der Waals surface area contributed by atoms with Crippen LogP contribution in [0.15, 0.2) is 42.5 Å². The molecule has 0 aromatic heterocycles. The molecule has 8 nitrogen and oxygen atoms in total. The van der Waals surface area contributed by atoms with Crippen molar-refractivity contribution in [3.05, 3.63) is 69.3 Å². The van der Waals surface area contributed by atoms with Gasteiger partial charge in [0, 0.05) is 28.4 Å². The summed E-state index contributed by atoms with van der Waals surface area (Å²) in [4.78, 5) is 45.7. The van der Waals surface area contributed by atoms with Crippen LogP contribution >= 0.6 is 0 Å². The first-order valence-electron chi connectivity index (χ1n) is 7.72. The highest BCUT2D eigenvalue weighted by Crippen LogP contribution is 2.19. The third kappa shape index (κ3) is 4.73. The van der Waals surface area contributed by atoms with E-state index in [2.05, 4.69) is 10.6 Å². The van der Waals surface area contributed by atoms with Crippen LogP contribution in [0.3, 0.4) is 0 Å². The van der Waals surface area contributed by atoms with E-state index in [4.69, 9.17) is 0 Å². The van der Waals surface area contributed by atoms with E-state index in [0.717, 1.165) is 0 Å². The van der Waals surface area contributed by atoms with Gasteiger partial charge in [-0.05, 0) is 32.0 Å². The van der Waals surface area contributed by atoms with Gasteiger partial charge in [-0.1, -0.05) is 18.2 Å². The Bertz CT molecular complexity index is 892. The molecule has 0 radical (unpaired) electrons. The van der Waals surface area contributed by atoms with Crippen LogP contribution < -0.4 is 10.6 Å². The maximum atomic E-state index is 12.1. The number of hydrogen-bond acceptors (Lipinski definition) is 5. The molecule has 0 spiro atoms. The number of ketones is 1. The molecule has 0 fully saturated rings. The van der Waals surface area contributed by atoms with Gasteiger partial charge in [-0.3, -0.25) is 24.5 Å². The average Bonchev–Trinajstić information content (AvgIpc) is 2.60. The van der Waals surface area contributed by atoms with E-state index in [-0.39, 0.29) is 23.6 Å². The van der Waals surface area contributed by atoms with Crippen molar-refractivity contribution >= 4 is 29.0 Å². The summed E-state index contributed by atoms with van der Waals surface area (Å²) in [5.41, 5.74) is 1.26. The largest absolute Gasteiger partial charge is 0.343 e. The molecule has 0 aliphatic rings. The van der Waals surface area contributed by atoms with Gasteiger partial charge in [-0.15, -0.1) is 0 Å². The lowest BCUT2D eigenvalue weighted by Gasteiger charge is -2.08. The standard InChI is InChI=1S/C18H17N3O5/c1-11-6-7-14(9-16(11)21(25)26)18(24)19-10-17(23)20-15-5-3-4-13(8-15)12(2)22/h3-9H,10H2,1-2H3,(H,19,24)(H,20,23). The molecule has 2 aromatic rings. The lowest BCUT2D eigenvalue weighted by Crippen LogP contribution is -2.32. The molecule has 0 unspecified atom stereocenters. The first-order chi connectivity index (χ1) is 12.3. The number of aryl methyl sites for hydroxylation is 1. The highest BCUT2D eigenvalue weighted by atomic mass is 16.6. The van der Waals surface area contributed by atoms with E-state index in [9.17, 15) is 24.5 Å². The van der Waals surface area contributed by atoms with E-state index in [1.165, 1.54) is 31.2 Å². The van der Waals surface area contributed by atoms with Gasteiger partial charge in [0.2, 0.25) is 5.91 Å². The zero-order valence-corrected chi connectivity index (χ0v) is 14.2. The monoisotopic (exact) mass is 355 g/mol. The lowest BCUT2D eigenvalue weighted by molar-refractivity contribution is -0.385. The molecule has 0 bridgehead atoms. The molecule has 2 aromatic carbocycles. The molecule has 0 heterocycles. The molecule has 26 heavy (non-hydrogen) atoms. The van der Waals surface area contributed by atoms with Crippen LogP contribution in [-0.2, 0) is 4.79 Å². The van der Waals surface area contributed by atoms with Crippen molar-refractivity contribution < 1.29 is 19.3 Å². The molecular weight excluding hydrogens is 338 g/mol. The normalized spacial score (nSPS) is 10.1. The molecule has 2 rings (SSSR count). The van der Waals surface area contributed by atoms with E-state index < -0.39 is 16.7 Å². The molecule has 0 saturated heterocycles. The predicted molar refractivity (Wildman–Crippen MR) is 95.2 cm³/mol. The van der Waals surface area contributed by atoms with Crippen LogP contribution in [0.4, 0.5) is 11.4 Å². The summed E-state index contributed by atoms with van der Waals surface area (Å²) >= 11 is 0.